The summed E-state index contributed by atoms with van der Waals surface area (Å²) in [7, 11) is 0. The summed E-state index contributed by atoms with van der Waals surface area (Å²) in [6, 6.07) is 3.62. The smallest absolute Gasteiger partial charge is 0.220 e. The van der Waals surface area contributed by atoms with Crippen LogP contribution in [0.2, 0.25) is 5.02 Å². The predicted octanol–water partition coefficient (Wildman–Crippen LogP) is 2.45. The molecule has 4 nitrogen and oxygen atoms in total. The van der Waals surface area contributed by atoms with Crippen molar-refractivity contribution in [3.63, 3.8) is 0 Å². The van der Waals surface area contributed by atoms with E-state index in [0.717, 1.165) is 19.4 Å². The van der Waals surface area contributed by atoms with E-state index in [9.17, 15) is 14.3 Å². The number of rotatable bonds is 6. The van der Waals surface area contributed by atoms with E-state index in [1.807, 2.05) is 0 Å². The van der Waals surface area contributed by atoms with E-state index in [1.54, 1.807) is 6.07 Å². The van der Waals surface area contributed by atoms with Crippen LogP contribution >= 0.6 is 11.6 Å². The molecule has 0 radical (unpaired) electrons. The molecule has 0 spiro atoms. The Bertz CT molecular complexity index is 492. The van der Waals surface area contributed by atoms with Crippen LogP contribution in [0.4, 0.5) is 4.39 Å². The number of carbonyl (C=O) groups is 1. The predicted molar refractivity (Wildman–Crippen MR) is 77.5 cm³/mol. The lowest BCUT2D eigenvalue weighted by Gasteiger charge is -2.17. The number of carbonyl (C=O) groups excluding carboxylic acids is 1. The van der Waals surface area contributed by atoms with Gasteiger partial charge in [0.15, 0.2) is 0 Å². The maximum Gasteiger partial charge on any atom is 0.220 e. The maximum atomic E-state index is 13.4. The first-order valence-electron chi connectivity index (χ1n) is 7.03. The molecular formula is C15H19ClFNO3. The van der Waals surface area contributed by atoms with Gasteiger partial charge in [0.1, 0.15) is 5.82 Å². The monoisotopic (exact) mass is 315 g/mol. The second-order valence-electron chi connectivity index (χ2n) is 5.24. The van der Waals surface area contributed by atoms with Crippen molar-refractivity contribution in [3.8, 4) is 0 Å². The second kappa shape index (κ2) is 7.73. The average Bonchev–Trinajstić information content (AvgIpc) is 2.99. The Kier molecular flexibility index (Phi) is 5.96. The maximum absolute atomic E-state index is 13.4. The Morgan fingerprint density at radius 3 is 3.00 bits per heavy atom. The van der Waals surface area contributed by atoms with E-state index in [2.05, 4.69) is 5.32 Å². The third kappa shape index (κ3) is 4.66. The van der Waals surface area contributed by atoms with Crippen molar-refractivity contribution >= 4 is 17.5 Å². The van der Waals surface area contributed by atoms with Gasteiger partial charge in [0.25, 0.3) is 0 Å². The summed E-state index contributed by atoms with van der Waals surface area (Å²) >= 11 is 5.62. The van der Waals surface area contributed by atoms with Crippen LogP contribution in [0.25, 0.3) is 0 Å². The number of ether oxygens (including phenoxy) is 1. The molecule has 0 unspecified atom stereocenters. The highest BCUT2D eigenvalue weighted by Crippen LogP contribution is 2.21. The minimum Gasteiger partial charge on any atom is -0.394 e. The molecule has 0 aromatic heterocycles. The van der Waals surface area contributed by atoms with Crippen LogP contribution in [0.3, 0.4) is 0 Å². The largest absolute Gasteiger partial charge is 0.394 e. The van der Waals surface area contributed by atoms with Gasteiger partial charge in [0.05, 0.1) is 17.7 Å². The summed E-state index contributed by atoms with van der Waals surface area (Å²) in [6.45, 7) is 1.17. The lowest BCUT2D eigenvalue weighted by Crippen LogP contribution is -2.31. The number of nitrogens with one attached hydrogen (secondary N) is 1. The van der Waals surface area contributed by atoms with Gasteiger partial charge < -0.3 is 15.2 Å². The van der Waals surface area contributed by atoms with Crippen molar-refractivity contribution < 1.29 is 19.0 Å². The van der Waals surface area contributed by atoms with Crippen molar-refractivity contribution in [2.45, 2.75) is 25.3 Å². The Hall–Kier alpha value is -1.17. The first kappa shape index (κ1) is 16.2. The molecular weight excluding hydrogens is 297 g/mol. The average molecular weight is 316 g/mol. The summed E-state index contributed by atoms with van der Waals surface area (Å²) in [6.07, 6.45) is 2.12. The summed E-state index contributed by atoms with van der Waals surface area (Å²) in [5, 5.41) is 12.1. The molecule has 1 fully saturated rings. The molecule has 2 rings (SSSR count). The standard InChI is InChI=1S/C15H19ClFNO3/c16-12-3-2-11(7-13(12)17)14(8-19)18-15(20)4-1-10-5-6-21-9-10/h2-3,7,10,14,19H,1,4-6,8-9H2,(H,18,20)/t10-,14+/m1/s1. The number of aliphatic hydroxyl groups is 1. The van der Waals surface area contributed by atoms with Crippen molar-refractivity contribution in [3.05, 3.63) is 34.6 Å². The third-order valence-corrected chi connectivity index (χ3v) is 3.97. The van der Waals surface area contributed by atoms with E-state index >= 15 is 0 Å². The molecule has 1 aliphatic heterocycles. The van der Waals surface area contributed by atoms with Gasteiger partial charge in [-0.3, -0.25) is 4.79 Å². The normalized spacial score (nSPS) is 19.5. The summed E-state index contributed by atoms with van der Waals surface area (Å²) in [5.74, 6) is -0.294. The van der Waals surface area contributed by atoms with Gasteiger partial charge in [-0.2, -0.15) is 0 Å². The van der Waals surface area contributed by atoms with Gasteiger partial charge in [0.2, 0.25) is 5.91 Å². The van der Waals surface area contributed by atoms with Crippen molar-refractivity contribution in [1.82, 2.24) is 5.32 Å². The van der Waals surface area contributed by atoms with Gasteiger partial charge in [-0.15, -0.1) is 0 Å². The summed E-state index contributed by atoms with van der Waals surface area (Å²) in [4.78, 5) is 11.9. The number of amides is 1. The topological polar surface area (TPSA) is 58.6 Å². The molecule has 21 heavy (non-hydrogen) atoms. The second-order valence-corrected chi connectivity index (χ2v) is 5.65. The third-order valence-electron chi connectivity index (χ3n) is 3.67. The van der Waals surface area contributed by atoms with Crippen molar-refractivity contribution in [1.29, 1.82) is 0 Å². The molecule has 1 aromatic rings. The van der Waals surface area contributed by atoms with E-state index in [0.29, 0.717) is 24.5 Å². The van der Waals surface area contributed by atoms with Gasteiger partial charge in [-0.1, -0.05) is 17.7 Å². The highest BCUT2D eigenvalue weighted by Gasteiger charge is 2.19. The minimum absolute atomic E-state index is 0.0167. The van der Waals surface area contributed by atoms with E-state index in [-0.39, 0.29) is 17.5 Å². The molecule has 116 valence electrons. The molecule has 0 aliphatic carbocycles. The first-order valence-corrected chi connectivity index (χ1v) is 7.41. The number of benzene rings is 1. The summed E-state index contributed by atoms with van der Waals surface area (Å²) < 4.78 is 18.7. The number of halogens is 2. The van der Waals surface area contributed by atoms with E-state index in [1.165, 1.54) is 12.1 Å². The van der Waals surface area contributed by atoms with E-state index in [4.69, 9.17) is 16.3 Å². The van der Waals surface area contributed by atoms with Gasteiger partial charge >= 0.3 is 0 Å². The van der Waals surface area contributed by atoms with Crippen molar-refractivity contribution in [2.75, 3.05) is 19.8 Å². The first-order chi connectivity index (χ1) is 10.1. The minimum atomic E-state index is -0.621. The molecule has 2 N–H and O–H groups in total. The quantitative estimate of drug-likeness (QED) is 0.847. The molecule has 2 atom stereocenters. The van der Waals surface area contributed by atoms with Crippen LogP contribution in [0, 0.1) is 11.7 Å². The molecule has 1 heterocycles. The highest BCUT2D eigenvalue weighted by atomic mass is 35.5. The van der Waals surface area contributed by atoms with Crippen LogP contribution in [-0.4, -0.2) is 30.8 Å². The molecule has 0 saturated carbocycles. The fraction of sp³-hybridized carbons (Fsp3) is 0.533. The Morgan fingerprint density at radius 1 is 1.57 bits per heavy atom. The SMILES string of the molecule is O=C(CC[C@@H]1CCOC1)N[C@@H](CO)c1ccc(Cl)c(F)c1. The molecule has 1 amide bonds. The Balaban J connectivity index is 1.88. The molecule has 0 bridgehead atoms. The molecule has 1 aromatic carbocycles. The lowest BCUT2D eigenvalue weighted by molar-refractivity contribution is -0.122. The van der Waals surface area contributed by atoms with Crippen molar-refractivity contribution in [2.24, 2.45) is 5.92 Å². The fourth-order valence-corrected chi connectivity index (χ4v) is 2.49. The van der Waals surface area contributed by atoms with Crippen LogP contribution in [-0.2, 0) is 9.53 Å². The zero-order valence-corrected chi connectivity index (χ0v) is 12.4. The van der Waals surface area contributed by atoms with Gasteiger partial charge in [0, 0.05) is 19.6 Å². The van der Waals surface area contributed by atoms with Crippen LogP contribution < -0.4 is 5.32 Å². The fourth-order valence-electron chi connectivity index (χ4n) is 2.38. The van der Waals surface area contributed by atoms with E-state index < -0.39 is 11.9 Å². The summed E-state index contributed by atoms with van der Waals surface area (Å²) in [5.41, 5.74) is 0.497. The molecule has 1 saturated heterocycles. The Labute approximate surface area is 128 Å². The lowest BCUT2D eigenvalue weighted by atomic mass is 10.0. The van der Waals surface area contributed by atoms with Gasteiger partial charge in [-0.05, 0) is 36.5 Å². The van der Waals surface area contributed by atoms with Crippen LogP contribution in [0.1, 0.15) is 30.9 Å². The highest BCUT2D eigenvalue weighted by molar-refractivity contribution is 6.30. The molecule has 6 heteroatoms. The molecule has 1 aliphatic rings. The Morgan fingerprint density at radius 2 is 2.38 bits per heavy atom. The zero-order valence-electron chi connectivity index (χ0n) is 11.6. The van der Waals surface area contributed by atoms with Crippen LogP contribution in [0.15, 0.2) is 18.2 Å². The zero-order chi connectivity index (χ0) is 15.2. The number of hydrogen-bond donors (Lipinski definition) is 2. The number of hydrogen-bond acceptors (Lipinski definition) is 3. The number of aliphatic hydroxyl groups excluding tert-OH is 1. The van der Waals surface area contributed by atoms with Gasteiger partial charge in [-0.25, -0.2) is 4.39 Å². The van der Waals surface area contributed by atoms with Crippen LogP contribution in [0.5, 0.6) is 0 Å².